The molecule has 1 N–H and O–H groups in total. The van der Waals surface area contributed by atoms with E-state index in [0.29, 0.717) is 27.1 Å². The van der Waals surface area contributed by atoms with Gasteiger partial charge in [0.25, 0.3) is 0 Å². The molecular weight excluding hydrogens is 249 g/mol. The van der Waals surface area contributed by atoms with Crippen LogP contribution in [0, 0.1) is 0 Å². The van der Waals surface area contributed by atoms with Gasteiger partial charge in [-0.2, -0.15) is 0 Å². The largest absolute Gasteiger partial charge is 0.455 e. The summed E-state index contributed by atoms with van der Waals surface area (Å²) in [5, 5.41) is 12.1. The molecule has 0 spiro atoms. The van der Waals surface area contributed by atoms with Gasteiger partial charge in [-0.1, -0.05) is 34.4 Å². The standard InChI is InChI=1S/C11H7Cl2NO2/c12-9-3-1-2-8(11(9)13)10-5-4-7(16-10)6-14-15/h1-6,15H/b14-6-. The van der Waals surface area contributed by atoms with E-state index in [2.05, 4.69) is 5.16 Å². The molecule has 3 nitrogen and oxygen atoms in total. The molecule has 0 saturated carbocycles. The minimum Gasteiger partial charge on any atom is -0.455 e. The van der Waals surface area contributed by atoms with Crippen LogP contribution < -0.4 is 0 Å². The number of hydrogen-bond donors (Lipinski definition) is 1. The zero-order valence-electron chi connectivity index (χ0n) is 8.02. The maximum Gasteiger partial charge on any atom is 0.149 e. The summed E-state index contributed by atoms with van der Waals surface area (Å²) in [6.07, 6.45) is 1.20. The molecule has 0 saturated heterocycles. The van der Waals surface area contributed by atoms with Gasteiger partial charge in [-0.05, 0) is 24.3 Å². The van der Waals surface area contributed by atoms with E-state index in [0.717, 1.165) is 0 Å². The van der Waals surface area contributed by atoms with Crippen molar-refractivity contribution in [3.05, 3.63) is 46.1 Å². The third-order valence-electron chi connectivity index (χ3n) is 2.03. The van der Waals surface area contributed by atoms with Crippen molar-refractivity contribution in [1.82, 2.24) is 0 Å². The van der Waals surface area contributed by atoms with Gasteiger partial charge < -0.3 is 9.62 Å². The van der Waals surface area contributed by atoms with Crippen LogP contribution in [0.15, 0.2) is 39.9 Å². The van der Waals surface area contributed by atoms with Crippen LogP contribution in [0.25, 0.3) is 11.3 Å². The van der Waals surface area contributed by atoms with E-state index in [1.165, 1.54) is 6.21 Å². The Morgan fingerprint density at radius 2 is 2.00 bits per heavy atom. The van der Waals surface area contributed by atoms with Crippen molar-refractivity contribution < 1.29 is 9.62 Å². The number of benzene rings is 1. The Balaban J connectivity index is 2.46. The summed E-state index contributed by atoms with van der Waals surface area (Å²) in [5.74, 6) is 1.01. The zero-order chi connectivity index (χ0) is 11.5. The maximum absolute atomic E-state index is 8.36. The first-order chi connectivity index (χ1) is 7.72. The van der Waals surface area contributed by atoms with E-state index in [1.807, 2.05) is 0 Å². The molecule has 1 aromatic heterocycles. The Hall–Kier alpha value is -1.45. The van der Waals surface area contributed by atoms with Crippen LogP contribution in [0.2, 0.25) is 10.0 Å². The molecule has 0 aliphatic carbocycles. The number of furan rings is 1. The minimum absolute atomic E-state index is 0.436. The molecule has 0 unspecified atom stereocenters. The lowest BCUT2D eigenvalue weighted by atomic mass is 10.2. The minimum atomic E-state index is 0.436. The molecular formula is C11H7Cl2NO2. The summed E-state index contributed by atoms with van der Waals surface area (Å²) < 4.78 is 5.39. The number of rotatable bonds is 2. The van der Waals surface area contributed by atoms with Gasteiger partial charge in [0, 0.05) is 5.56 Å². The Morgan fingerprint density at radius 3 is 2.75 bits per heavy atom. The van der Waals surface area contributed by atoms with Crippen LogP contribution in [-0.2, 0) is 0 Å². The molecule has 0 atom stereocenters. The fraction of sp³-hybridized carbons (Fsp3) is 0. The van der Waals surface area contributed by atoms with Crippen molar-refractivity contribution in [2.75, 3.05) is 0 Å². The maximum atomic E-state index is 8.36. The van der Waals surface area contributed by atoms with Crippen LogP contribution in [0.1, 0.15) is 5.76 Å². The Kier molecular flexibility index (Phi) is 3.17. The predicted octanol–water partition coefficient (Wildman–Crippen LogP) is 4.06. The second-order valence-corrected chi connectivity index (χ2v) is 3.83. The highest BCUT2D eigenvalue weighted by atomic mass is 35.5. The van der Waals surface area contributed by atoms with E-state index >= 15 is 0 Å². The van der Waals surface area contributed by atoms with Crippen molar-refractivity contribution >= 4 is 29.4 Å². The van der Waals surface area contributed by atoms with Gasteiger partial charge in [0.15, 0.2) is 0 Å². The highest BCUT2D eigenvalue weighted by Crippen LogP contribution is 2.33. The number of halogens is 2. The molecule has 1 aromatic carbocycles. The first-order valence-electron chi connectivity index (χ1n) is 4.44. The highest BCUT2D eigenvalue weighted by molar-refractivity contribution is 6.43. The second kappa shape index (κ2) is 4.60. The molecule has 5 heteroatoms. The zero-order valence-corrected chi connectivity index (χ0v) is 9.53. The predicted molar refractivity (Wildman–Crippen MR) is 63.5 cm³/mol. The Bertz CT molecular complexity index is 535. The molecule has 16 heavy (non-hydrogen) atoms. The smallest absolute Gasteiger partial charge is 0.149 e. The molecule has 2 rings (SSSR count). The summed E-state index contributed by atoms with van der Waals surface area (Å²) in [7, 11) is 0. The fourth-order valence-corrected chi connectivity index (χ4v) is 1.71. The first kappa shape index (κ1) is 11.0. The van der Waals surface area contributed by atoms with Gasteiger partial charge >= 0.3 is 0 Å². The van der Waals surface area contributed by atoms with Gasteiger partial charge in [0.1, 0.15) is 17.7 Å². The highest BCUT2D eigenvalue weighted by Gasteiger charge is 2.10. The molecule has 0 aliphatic rings. The average molecular weight is 256 g/mol. The summed E-state index contributed by atoms with van der Waals surface area (Å²) >= 11 is 11.9. The topological polar surface area (TPSA) is 45.7 Å². The quantitative estimate of drug-likeness (QED) is 0.500. The van der Waals surface area contributed by atoms with Crippen molar-refractivity contribution in [1.29, 1.82) is 0 Å². The van der Waals surface area contributed by atoms with Gasteiger partial charge in [0.2, 0.25) is 0 Å². The fourth-order valence-electron chi connectivity index (χ4n) is 1.32. The lowest BCUT2D eigenvalue weighted by Gasteiger charge is -2.01. The van der Waals surface area contributed by atoms with Gasteiger partial charge in [0.05, 0.1) is 10.0 Å². The normalized spacial score (nSPS) is 11.1. The SMILES string of the molecule is O/N=C\c1ccc(-c2cccc(Cl)c2Cl)o1. The van der Waals surface area contributed by atoms with Crippen LogP contribution in [0.4, 0.5) is 0 Å². The average Bonchev–Trinajstić information content (AvgIpc) is 2.71. The summed E-state index contributed by atoms with van der Waals surface area (Å²) in [6.45, 7) is 0. The van der Waals surface area contributed by atoms with Crippen molar-refractivity contribution in [3.8, 4) is 11.3 Å². The third kappa shape index (κ3) is 2.05. The number of nitrogens with zero attached hydrogens (tertiary/aromatic N) is 1. The second-order valence-electron chi connectivity index (χ2n) is 3.05. The molecule has 2 aromatic rings. The molecule has 0 radical (unpaired) electrons. The lowest BCUT2D eigenvalue weighted by molar-refractivity contribution is 0.321. The first-order valence-corrected chi connectivity index (χ1v) is 5.19. The van der Waals surface area contributed by atoms with Crippen LogP contribution >= 0.6 is 23.2 Å². The Morgan fingerprint density at radius 1 is 1.19 bits per heavy atom. The van der Waals surface area contributed by atoms with Crippen LogP contribution in [-0.4, -0.2) is 11.4 Å². The summed E-state index contributed by atoms with van der Waals surface area (Å²) in [4.78, 5) is 0. The van der Waals surface area contributed by atoms with E-state index in [1.54, 1.807) is 30.3 Å². The number of oxime groups is 1. The Labute approximate surface area is 102 Å². The van der Waals surface area contributed by atoms with E-state index in [4.69, 9.17) is 32.8 Å². The van der Waals surface area contributed by atoms with E-state index < -0.39 is 0 Å². The molecule has 1 heterocycles. The molecule has 0 aliphatic heterocycles. The molecule has 0 amide bonds. The molecule has 0 bridgehead atoms. The summed E-state index contributed by atoms with van der Waals surface area (Å²) in [5.41, 5.74) is 0.701. The summed E-state index contributed by atoms with van der Waals surface area (Å²) in [6, 6.07) is 8.69. The lowest BCUT2D eigenvalue weighted by Crippen LogP contribution is -1.77. The third-order valence-corrected chi connectivity index (χ3v) is 2.85. The molecule has 82 valence electrons. The van der Waals surface area contributed by atoms with Crippen molar-refractivity contribution in [2.24, 2.45) is 5.16 Å². The molecule has 0 fully saturated rings. The van der Waals surface area contributed by atoms with Gasteiger partial charge in [-0.3, -0.25) is 0 Å². The van der Waals surface area contributed by atoms with Gasteiger partial charge in [-0.15, -0.1) is 0 Å². The number of hydrogen-bond acceptors (Lipinski definition) is 3. The van der Waals surface area contributed by atoms with E-state index in [9.17, 15) is 0 Å². The van der Waals surface area contributed by atoms with Crippen molar-refractivity contribution in [3.63, 3.8) is 0 Å². The van der Waals surface area contributed by atoms with E-state index in [-0.39, 0.29) is 0 Å². The van der Waals surface area contributed by atoms with Crippen LogP contribution in [0.5, 0.6) is 0 Å². The monoisotopic (exact) mass is 255 g/mol. The van der Waals surface area contributed by atoms with Gasteiger partial charge in [-0.25, -0.2) is 0 Å². The van der Waals surface area contributed by atoms with Crippen LogP contribution in [0.3, 0.4) is 0 Å². The van der Waals surface area contributed by atoms with Crippen molar-refractivity contribution in [2.45, 2.75) is 0 Å².